The van der Waals surface area contributed by atoms with Crippen molar-refractivity contribution in [1.82, 2.24) is 5.01 Å². The second kappa shape index (κ2) is 6.37. The highest BCUT2D eigenvalue weighted by Gasteiger charge is 2.54. The van der Waals surface area contributed by atoms with Crippen molar-refractivity contribution in [3.8, 4) is 0 Å². The minimum absolute atomic E-state index is 0.265. The Morgan fingerprint density at radius 1 is 0.923 bits per heavy atom. The third-order valence-electron chi connectivity index (χ3n) is 4.93. The smallest absolute Gasteiger partial charge is 0.263 e. The van der Waals surface area contributed by atoms with Crippen LogP contribution >= 0.6 is 0 Å². The van der Waals surface area contributed by atoms with E-state index in [1.165, 1.54) is 10.5 Å². The summed E-state index contributed by atoms with van der Waals surface area (Å²) >= 11 is 0. The number of rotatable bonds is 4. The third kappa shape index (κ3) is 2.67. The third-order valence-corrected chi connectivity index (χ3v) is 4.93. The van der Waals surface area contributed by atoms with Crippen LogP contribution in [0.4, 0.5) is 5.69 Å². The molecular weight excluding hydrogens is 328 g/mol. The van der Waals surface area contributed by atoms with E-state index in [-0.39, 0.29) is 11.8 Å². The Hall–Kier alpha value is -3.02. The van der Waals surface area contributed by atoms with Crippen LogP contribution in [0.5, 0.6) is 0 Å². The van der Waals surface area contributed by atoms with E-state index in [2.05, 4.69) is 29.4 Å². The van der Waals surface area contributed by atoms with Crippen molar-refractivity contribution in [2.75, 3.05) is 4.90 Å². The molecule has 2 aliphatic heterocycles. The Morgan fingerprint density at radius 3 is 2.23 bits per heavy atom. The van der Waals surface area contributed by atoms with Crippen LogP contribution in [0.25, 0.3) is 0 Å². The summed E-state index contributed by atoms with van der Waals surface area (Å²) in [6.45, 7) is 4.53. The fourth-order valence-corrected chi connectivity index (χ4v) is 3.37. The van der Waals surface area contributed by atoms with E-state index in [9.17, 15) is 9.59 Å². The highest BCUT2D eigenvalue weighted by atomic mass is 16.2. The van der Waals surface area contributed by atoms with Gasteiger partial charge in [-0.15, -0.1) is 0 Å². The van der Waals surface area contributed by atoms with E-state index in [0.29, 0.717) is 12.2 Å². The lowest BCUT2D eigenvalue weighted by atomic mass is 10.1. The molecule has 0 radical (unpaired) electrons. The molecular formula is C20H20N4O2. The molecule has 0 spiro atoms. The lowest BCUT2D eigenvalue weighted by Crippen LogP contribution is -2.39. The topological polar surface area (TPSA) is 65.3 Å². The Kier molecular flexibility index (Phi) is 4.03. The quantitative estimate of drug-likeness (QED) is 0.798. The van der Waals surface area contributed by atoms with Crippen molar-refractivity contribution >= 4 is 17.5 Å². The minimum atomic E-state index is -0.751. The molecule has 132 valence electrons. The summed E-state index contributed by atoms with van der Waals surface area (Å²) in [5, 5.41) is 9.79. The van der Waals surface area contributed by atoms with Gasteiger partial charge >= 0.3 is 0 Å². The van der Waals surface area contributed by atoms with Gasteiger partial charge in [-0.1, -0.05) is 54.1 Å². The summed E-state index contributed by atoms with van der Waals surface area (Å²) in [6, 6.07) is 14.1. The highest BCUT2D eigenvalue weighted by Crippen LogP contribution is 2.32. The van der Waals surface area contributed by atoms with Gasteiger partial charge in [-0.05, 0) is 36.6 Å². The number of anilines is 1. The van der Waals surface area contributed by atoms with Gasteiger partial charge < -0.3 is 0 Å². The lowest BCUT2D eigenvalue weighted by Gasteiger charge is -2.20. The molecule has 6 heteroatoms. The van der Waals surface area contributed by atoms with Crippen LogP contribution in [0, 0.1) is 6.92 Å². The molecule has 0 aliphatic carbocycles. The van der Waals surface area contributed by atoms with Crippen molar-refractivity contribution in [2.24, 2.45) is 10.3 Å². The number of carbonyl (C=O) groups excluding carboxylic acids is 2. The molecule has 0 saturated carbocycles. The predicted octanol–water partition coefficient (Wildman–Crippen LogP) is 3.05. The first-order valence-electron chi connectivity index (χ1n) is 8.78. The molecule has 0 N–H and O–H groups in total. The van der Waals surface area contributed by atoms with Crippen molar-refractivity contribution < 1.29 is 9.59 Å². The number of imide groups is 1. The zero-order chi connectivity index (χ0) is 18.3. The van der Waals surface area contributed by atoms with Gasteiger partial charge in [-0.25, -0.2) is 4.90 Å². The van der Waals surface area contributed by atoms with Crippen LogP contribution < -0.4 is 4.90 Å². The van der Waals surface area contributed by atoms with Gasteiger partial charge in [0.2, 0.25) is 0 Å². The molecule has 1 fully saturated rings. The first-order valence-corrected chi connectivity index (χ1v) is 8.78. The summed E-state index contributed by atoms with van der Waals surface area (Å²) in [4.78, 5) is 26.9. The van der Waals surface area contributed by atoms with E-state index >= 15 is 0 Å². The Balaban J connectivity index is 1.56. The average Bonchev–Trinajstić information content (AvgIpc) is 3.17. The number of nitrogens with zero attached hydrogens (tertiary/aromatic N) is 4. The largest absolute Gasteiger partial charge is 0.271 e. The van der Waals surface area contributed by atoms with Gasteiger partial charge in [0.05, 0.1) is 12.2 Å². The summed E-state index contributed by atoms with van der Waals surface area (Å²) < 4.78 is 0. The average molecular weight is 348 g/mol. The van der Waals surface area contributed by atoms with Crippen molar-refractivity contribution in [3.63, 3.8) is 0 Å². The molecule has 6 nitrogen and oxygen atoms in total. The van der Waals surface area contributed by atoms with Gasteiger partial charge in [0.1, 0.15) is 0 Å². The number of amides is 2. The molecule has 26 heavy (non-hydrogen) atoms. The Morgan fingerprint density at radius 2 is 1.58 bits per heavy atom. The monoisotopic (exact) mass is 348 g/mol. The molecule has 0 unspecified atom stereocenters. The zero-order valence-electron chi connectivity index (χ0n) is 14.8. The molecule has 2 aliphatic rings. The van der Waals surface area contributed by atoms with Crippen LogP contribution in [0.15, 0.2) is 58.9 Å². The summed E-state index contributed by atoms with van der Waals surface area (Å²) in [5.74, 6) is -0.574. The van der Waals surface area contributed by atoms with Crippen LogP contribution in [0.3, 0.4) is 0 Å². The maximum absolute atomic E-state index is 12.9. The molecule has 1 saturated heterocycles. The minimum Gasteiger partial charge on any atom is -0.271 e. The van der Waals surface area contributed by atoms with Crippen molar-refractivity contribution in [1.29, 1.82) is 0 Å². The number of hydrogen-bond donors (Lipinski definition) is 0. The first-order chi connectivity index (χ1) is 12.6. The van der Waals surface area contributed by atoms with Gasteiger partial charge in [0.15, 0.2) is 12.1 Å². The van der Waals surface area contributed by atoms with Crippen molar-refractivity contribution in [3.05, 3.63) is 65.2 Å². The summed E-state index contributed by atoms with van der Waals surface area (Å²) in [5.41, 5.74) is 3.95. The van der Waals surface area contributed by atoms with Crippen LogP contribution in [-0.4, -0.2) is 28.9 Å². The Labute approximate surface area is 152 Å². The second-order valence-corrected chi connectivity index (χ2v) is 6.71. The maximum atomic E-state index is 12.9. The van der Waals surface area contributed by atoms with E-state index in [1.807, 2.05) is 31.2 Å². The van der Waals surface area contributed by atoms with Crippen LogP contribution in [-0.2, 0) is 22.6 Å². The number of carbonyl (C=O) groups is 2. The molecule has 2 amide bonds. The van der Waals surface area contributed by atoms with Crippen molar-refractivity contribution in [2.45, 2.75) is 38.9 Å². The Bertz CT molecular complexity index is 874. The van der Waals surface area contributed by atoms with E-state index < -0.39 is 12.1 Å². The van der Waals surface area contributed by atoms with Gasteiger partial charge in [-0.3, -0.25) is 14.6 Å². The number of hydrogen-bond acceptors (Lipinski definition) is 5. The first kappa shape index (κ1) is 16.4. The second-order valence-electron chi connectivity index (χ2n) is 6.71. The maximum Gasteiger partial charge on any atom is 0.263 e. The van der Waals surface area contributed by atoms with E-state index in [1.54, 1.807) is 17.1 Å². The van der Waals surface area contributed by atoms with Gasteiger partial charge in [0, 0.05) is 0 Å². The molecule has 2 aromatic carbocycles. The SMILES string of the molecule is CCc1ccc(CN2N=N[C@@H]3C(=O)N(c4ccc(C)cc4)C(=O)[C@@H]32)cc1. The molecule has 2 atom stereocenters. The normalized spacial score (nSPS) is 21.6. The van der Waals surface area contributed by atoms with E-state index in [0.717, 1.165) is 17.5 Å². The van der Waals surface area contributed by atoms with Crippen LogP contribution in [0.1, 0.15) is 23.6 Å². The molecule has 0 bridgehead atoms. The highest BCUT2D eigenvalue weighted by molar-refractivity contribution is 6.25. The molecule has 4 rings (SSSR count). The van der Waals surface area contributed by atoms with Crippen LogP contribution in [0.2, 0.25) is 0 Å². The predicted molar refractivity (Wildman–Crippen MR) is 97.5 cm³/mol. The number of aryl methyl sites for hydroxylation is 2. The fraction of sp³-hybridized carbons (Fsp3) is 0.300. The number of fused-ring (bicyclic) bond motifs is 1. The molecule has 2 aromatic rings. The fourth-order valence-electron chi connectivity index (χ4n) is 3.37. The van der Waals surface area contributed by atoms with Gasteiger partial charge in [0.25, 0.3) is 11.8 Å². The lowest BCUT2D eigenvalue weighted by molar-refractivity contribution is -0.123. The van der Waals surface area contributed by atoms with Gasteiger partial charge in [-0.2, -0.15) is 5.11 Å². The summed E-state index contributed by atoms with van der Waals surface area (Å²) in [7, 11) is 0. The zero-order valence-corrected chi connectivity index (χ0v) is 14.8. The van der Waals surface area contributed by atoms with E-state index in [4.69, 9.17) is 0 Å². The number of benzene rings is 2. The molecule has 2 heterocycles. The molecule has 0 aromatic heterocycles. The summed E-state index contributed by atoms with van der Waals surface area (Å²) in [6.07, 6.45) is 0.979. The standard InChI is InChI=1S/C20H20N4O2/c1-3-14-6-8-15(9-7-14)12-23-18-17(21-22-23)19(25)24(20(18)26)16-10-4-13(2)5-11-16/h4-11,17-18H,3,12H2,1-2H3/t17-,18+/m0/s1.